The highest BCUT2D eigenvalue weighted by atomic mass is 35.5. The Morgan fingerprint density at radius 3 is 2.58 bits per heavy atom. The minimum absolute atomic E-state index is 0.0598. The van der Waals surface area contributed by atoms with Crippen LogP contribution in [0.3, 0.4) is 0 Å². The Bertz CT molecular complexity index is 808. The van der Waals surface area contributed by atoms with E-state index in [-0.39, 0.29) is 17.3 Å². The van der Waals surface area contributed by atoms with Gasteiger partial charge in [-0.1, -0.05) is 29.8 Å². The van der Waals surface area contributed by atoms with Gasteiger partial charge in [0.2, 0.25) is 0 Å². The average Bonchev–Trinajstić information content (AvgIpc) is 3.16. The number of amides is 1. The largest absolute Gasteiger partial charge is 0.484 e. The van der Waals surface area contributed by atoms with Crippen molar-refractivity contribution >= 4 is 34.6 Å². The van der Waals surface area contributed by atoms with E-state index in [0.29, 0.717) is 17.1 Å². The molecule has 3 rings (SSSR count). The number of rotatable bonds is 6. The van der Waals surface area contributed by atoms with E-state index in [2.05, 4.69) is 5.32 Å². The summed E-state index contributed by atoms with van der Waals surface area (Å²) in [6.07, 6.45) is 1.96. The fourth-order valence-corrected chi connectivity index (χ4v) is 3.06. The van der Waals surface area contributed by atoms with Gasteiger partial charge in [-0.15, -0.1) is 0 Å². The molecule has 1 aliphatic heterocycles. The summed E-state index contributed by atoms with van der Waals surface area (Å²) in [5.74, 6) is 0.187. The van der Waals surface area contributed by atoms with E-state index in [1.807, 2.05) is 23.1 Å². The van der Waals surface area contributed by atoms with Gasteiger partial charge in [0.05, 0.1) is 15.6 Å². The molecule has 2 aromatic carbocycles. The minimum atomic E-state index is -0.455. The van der Waals surface area contributed by atoms with Crippen molar-refractivity contribution in [2.45, 2.75) is 12.8 Å². The molecule has 1 amide bonds. The third-order valence-electron chi connectivity index (χ3n) is 4.09. The van der Waals surface area contributed by atoms with Gasteiger partial charge in [-0.05, 0) is 31.0 Å². The van der Waals surface area contributed by atoms with Gasteiger partial charge in [-0.2, -0.15) is 0 Å². The lowest BCUT2D eigenvalue weighted by atomic mass is 10.2. The van der Waals surface area contributed by atoms with Crippen LogP contribution in [0.15, 0.2) is 42.5 Å². The van der Waals surface area contributed by atoms with Gasteiger partial charge in [-0.3, -0.25) is 14.9 Å². The molecule has 1 heterocycles. The summed E-state index contributed by atoms with van der Waals surface area (Å²) in [6.45, 7) is 1.30. The molecule has 1 saturated heterocycles. The number of para-hydroxylation sites is 1. The Labute approximate surface area is 155 Å². The zero-order chi connectivity index (χ0) is 18.5. The first-order chi connectivity index (χ1) is 12.5. The van der Waals surface area contributed by atoms with Gasteiger partial charge >= 0.3 is 0 Å². The fraction of sp³-hybridized carbons (Fsp3) is 0.278. The molecular weight excluding hydrogens is 358 g/mol. The third kappa shape index (κ3) is 4.23. The highest BCUT2D eigenvalue weighted by Crippen LogP contribution is 2.38. The molecule has 7 nitrogen and oxygen atoms in total. The van der Waals surface area contributed by atoms with E-state index in [0.717, 1.165) is 25.9 Å². The molecule has 0 spiro atoms. The fourth-order valence-electron chi connectivity index (χ4n) is 2.86. The van der Waals surface area contributed by atoms with Crippen molar-refractivity contribution in [1.82, 2.24) is 0 Å². The summed E-state index contributed by atoms with van der Waals surface area (Å²) < 4.78 is 5.40. The highest BCUT2D eigenvalue weighted by Gasteiger charge is 2.25. The van der Waals surface area contributed by atoms with Crippen LogP contribution in [0.5, 0.6) is 5.75 Å². The van der Waals surface area contributed by atoms with Gasteiger partial charge in [0.15, 0.2) is 6.61 Å². The lowest BCUT2D eigenvalue weighted by Gasteiger charge is -2.19. The molecule has 0 aromatic heterocycles. The predicted octanol–water partition coefficient (Wildman–Crippen LogP) is 3.87. The van der Waals surface area contributed by atoms with Gasteiger partial charge in [0.25, 0.3) is 11.6 Å². The lowest BCUT2D eigenvalue weighted by molar-refractivity contribution is -0.384. The van der Waals surface area contributed by atoms with Crippen LogP contribution in [-0.4, -0.2) is 30.5 Å². The Morgan fingerprint density at radius 2 is 1.92 bits per heavy atom. The monoisotopic (exact) mass is 375 g/mol. The summed E-state index contributed by atoms with van der Waals surface area (Å²) in [5.41, 5.74) is 0.743. The number of ether oxygens (including phenoxy) is 1. The number of carbonyl (C=O) groups is 1. The number of halogens is 1. The van der Waals surface area contributed by atoms with Crippen molar-refractivity contribution in [2.75, 3.05) is 29.9 Å². The molecule has 0 unspecified atom stereocenters. The number of nitrogens with one attached hydrogen (secondary N) is 1. The van der Waals surface area contributed by atoms with Crippen LogP contribution in [-0.2, 0) is 4.79 Å². The second-order valence-corrected chi connectivity index (χ2v) is 6.33. The number of nitrogens with zero attached hydrogens (tertiary/aromatic N) is 2. The Kier molecular flexibility index (Phi) is 5.58. The molecule has 8 heteroatoms. The maximum atomic E-state index is 12.1. The number of nitro benzene ring substituents is 1. The molecule has 0 atom stereocenters. The van der Waals surface area contributed by atoms with Gasteiger partial charge in [-0.25, -0.2) is 0 Å². The van der Waals surface area contributed by atoms with Crippen molar-refractivity contribution in [3.05, 3.63) is 57.6 Å². The second-order valence-electron chi connectivity index (χ2n) is 5.92. The maximum Gasteiger partial charge on any atom is 0.294 e. The zero-order valence-corrected chi connectivity index (χ0v) is 14.7. The van der Waals surface area contributed by atoms with Crippen molar-refractivity contribution < 1.29 is 14.5 Å². The molecular formula is C18H18ClN3O4. The van der Waals surface area contributed by atoms with Crippen LogP contribution < -0.4 is 15.0 Å². The second kappa shape index (κ2) is 8.05. The molecule has 0 bridgehead atoms. The molecule has 1 fully saturated rings. The van der Waals surface area contributed by atoms with Crippen LogP contribution in [0, 0.1) is 10.1 Å². The van der Waals surface area contributed by atoms with Gasteiger partial charge in [0.1, 0.15) is 11.4 Å². The molecule has 1 aliphatic rings. The zero-order valence-electron chi connectivity index (χ0n) is 14.0. The molecule has 0 saturated carbocycles. The van der Waals surface area contributed by atoms with Crippen LogP contribution in [0.4, 0.5) is 17.1 Å². The molecule has 0 aliphatic carbocycles. The molecule has 1 N–H and O–H groups in total. The summed E-state index contributed by atoms with van der Waals surface area (Å²) >= 11 is 6.13. The molecule has 136 valence electrons. The smallest absolute Gasteiger partial charge is 0.294 e. The maximum absolute atomic E-state index is 12.1. The van der Waals surface area contributed by atoms with E-state index in [1.54, 1.807) is 18.2 Å². The molecule has 2 aromatic rings. The first-order valence-corrected chi connectivity index (χ1v) is 8.63. The quantitative estimate of drug-likeness (QED) is 0.612. The van der Waals surface area contributed by atoms with Crippen LogP contribution >= 0.6 is 11.6 Å². The number of nitro groups is 1. The van der Waals surface area contributed by atoms with E-state index >= 15 is 0 Å². The first kappa shape index (κ1) is 18.0. The Balaban J connectivity index is 1.75. The third-order valence-corrected chi connectivity index (χ3v) is 4.41. The SMILES string of the molecule is O=C(COc1ccccc1)Nc1cc(N2CCCC2)c([N+](=O)[O-])cc1Cl. The number of carbonyl (C=O) groups excluding carboxylic acids is 1. The lowest BCUT2D eigenvalue weighted by Crippen LogP contribution is -2.22. The van der Waals surface area contributed by atoms with Crippen LogP contribution in [0.25, 0.3) is 0 Å². The molecule has 26 heavy (non-hydrogen) atoms. The summed E-state index contributed by atoms with van der Waals surface area (Å²) in [5, 5.41) is 14.1. The number of anilines is 2. The Hall–Kier alpha value is -2.80. The van der Waals surface area contributed by atoms with Gasteiger partial charge in [0, 0.05) is 19.2 Å². The minimum Gasteiger partial charge on any atom is -0.484 e. The van der Waals surface area contributed by atoms with Crippen molar-refractivity contribution in [3.8, 4) is 5.75 Å². The van der Waals surface area contributed by atoms with Crippen LogP contribution in [0.2, 0.25) is 5.02 Å². The van der Waals surface area contributed by atoms with E-state index in [9.17, 15) is 14.9 Å². The number of hydrogen-bond donors (Lipinski definition) is 1. The van der Waals surface area contributed by atoms with Crippen molar-refractivity contribution in [2.24, 2.45) is 0 Å². The standard InChI is InChI=1S/C18H18ClN3O4/c19-14-10-17(22(24)25)16(21-8-4-5-9-21)11-15(14)20-18(23)12-26-13-6-2-1-3-7-13/h1-3,6-7,10-11H,4-5,8-9,12H2,(H,20,23). The first-order valence-electron chi connectivity index (χ1n) is 8.25. The van der Waals surface area contributed by atoms with E-state index in [4.69, 9.17) is 16.3 Å². The summed E-state index contributed by atoms with van der Waals surface area (Å²) in [4.78, 5) is 25.0. The highest BCUT2D eigenvalue weighted by molar-refractivity contribution is 6.34. The van der Waals surface area contributed by atoms with Gasteiger partial charge < -0.3 is 15.0 Å². The van der Waals surface area contributed by atoms with Crippen molar-refractivity contribution in [3.63, 3.8) is 0 Å². The summed E-state index contributed by atoms with van der Waals surface area (Å²) in [7, 11) is 0. The Morgan fingerprint density at radius 1 is 1.23 bits per heavy atom. The van der Waals surface area contributed by atoms with Crippen molar-refractivity contribution in [1.29, 1.82) is 0 Å². The van der Waals surface area contributed by atoms with E-state index in [1.165, 1.54) is 6.07 Å². The predicted molar refractivity (Wildman–Crippen MR) is 100 cm³/mol. The normalized spacial score (nSPS) is 13.5. The topological polar surface area (TPSA) is 84.7 Å². The number of hydrogen-bond acceptors (Lipinski definition) is 5. The van der Waals surface area contributed by atoms with E-state index < -0.39 is 10.8 Å². The summed E-state index contributed by atoms with van der Waals surface area (Å²) in [6, 6.07) is 11.8. The van der Waals surface area contributed by atoms with Crippen LogP contribution in [0.1, 0.15) is 12.8 Å². The number of benzene rings is 2. The average molecular weight is 376 g/mol. The molecule has 0 radical (unpaired) electrons.